The van der Waals surface area contributed by atoms with E-state index >= 15 is 0 Å². The molecule has 4 N–H and O–H groups in total. The largest absolute Gasteiger partial charge is 0.321 e. The summed E-state index contributed by atoms with van der Waals surface area (Å²) in [4.78, 5) is 11.8. The lowest BCUT2D eigenvalue weighted by atomic mass is 9.99. The highest BCUT2D eigenvalue weighted by molar-refractivity contribution is 7.89. The van der Waals surface area contributed by atoms with Crippen molar-refractivity contribution in [1.82, 2.24) is 0 Å². The third kappa shape index (κ3) is 7.36. The number of benzene rings is 1. The first kappa shape index (κ1) is 17.8. The number of rotatable bonds is 8. The van der Waals surface area contributed by atoms with Gasteiger partial charge in [-0.15, -0.1) is 0 Å². The Morgan fingerprint density at radius 1 is 1.14 bits per heavy atom. The Morgan fingerprint density at radius 3 is 2.14 bits per heavy atom. The van der Waals surface area contributed by atoms with Crippen LogP contribution in [0, 0.1) is 5.92 Å². The number of carbonyl (C=O) groups excluding carboxylic acids is 1. The van der Waals surface area contributed by atoms with Gasteiger partial charge in [-0.3, -0.25) is 4.79 Å². The molecule has 0 spiro atoms. The Balaban J connectivity index is 2.49. The fraction of sp³-hybridized carbons (Fsp3) is 0.533. The second-order valence-electron chi connectivity index (χ2n) is 5.82. The molecule has 5 nitrogen and oxygen atoms in total. The molecule has 0 aliphatic carbocycles. The smallest absolute Gasteiger partial charge is 0.211 e. The van der Waals surface area contributed by atoms with Crippen LogP contribution in [0.2, 0.25) is 0 Å². The van der Waals surface area contributed by atoms with Crippen LogP contribution in [0.25, 0.3) is 0 Å². The van der Waals surface area contributed by atoms with E-state index in [4.69, 9.17) is 10.9 Å². The van der Waals surface area contributed by atoms with E-state index in [-0.39, 0.29) is 12.2 Å². The van der Waals surface area contributed by atoms with Crippen LogP contribution < -0.4 is 10.9 Å². The molecule has 118 valence electrons. The van der Waals surface area contributed by atoms with Gasteiger partial charge in [-0.2, -0.15) is 0 Å². The van der Waals surface area contributed by atoms with Crippen LogP contribution in [0.4, 0.5) is 0 Å². The van der Waals surface area contributed by atoms with Crippen molar-refractivity contribution in [2.24, 2.45) is 16.8 Å². The average Bonchev–Trinajstić information content (AvgIpc) is 2.34. The summed E-state index contributed by atoms with van der Waals surface area (Å²) < 4.78 is 21.8. The third-order valence-corrected chi connectivity index (χ3v) is 3.98. The fourth-order valence-electron chi connectivity index (χ4n) is 2.11. The van der Waals surface area contributed by atoms with E-state index in [2.05, 4.69) is 26.0 Å². The summed E-state index contributed by atoms with van der Waals surface area (Å²) in [5, 5.41) is 4.88. The number of aryl methyl sites for hydroxylation is 1. The van der Waals surface area contributed by atoms with Crippen molar-refractivity contribution in [2.75, 3.05) is 5.75 Å². The van der Waals surface area contributed by atoms with Gasteiger partial charge >= 0.3 is 0 Å². The molecule has 1 atom stereocenters. The molecular formula is C15H24N2O3S. The molecule has 1 aromatic carbocycles. The number of carbonyl (C=O) groups is 1. The Morgan fingerprint density at radius 2 is 1.67 bits per heavy atom. The van der Waals surface area contributed by atoms with Crippen LogP contribution in [-0.4, -0.2) is 26.0 Å². The zero-order valence-corrected chi connectivity index (χ0v) is 13.4. The zero-order valence-electron chi connectivity index (χ0n) is 12.6. The maximum atomic E-state index is 11.8. The molecule has 0 heterocycles. The van der Waals surface area contributed by atoms with E-state index in [1.807, 2.05) is 12.1 Å². The van der Waals surface area contributed by atoms with Gasteiger partial charge in [-0.1, -0.05) is 38.1 Å². The summed E-state index contributed by atoms with van der Waals surface area (Å²) in [5.74, 6) is -0.178. The van der Waals surface area contributed by atoms with Crippen molar-refractivity contribution in [3.63, 3.8) is 0 Å². The Hall–Kier alpha value is -1.24. The first-order valence-electron chi connectivity index (χ1n) is 7.04. The topological polar surface area (TPSA) is 103 Å². The number of sulfonamides is 1. The van der Waals surface area contributed by atoms with E-state index in [9.17, 15) is 13.2 Å². The lowest BCUT2D eigenvalue weighted by Gasteiger charge is -2.09. The molecule has 0 aromatic heterocycles. The SMILES string of the molecule is CC(C)Cc1ccc(CCC(=O)C(N)CS(N)(=O)=O)cc1. The van der Waals surface area contributed by atoms with E-state index in [0.29, 0.717) is 12.3 Å². The average molecular weight is 312 g/mol. The summed E-state index contributed by atoms with van der Waals surface area (Å²) in [7, 11) is -3.71. The molecular weight excluding hydrogens is 288 g/mol. The standard InChI is InChI=1S/C15H24N2O3S/c1-11(2)9-13-5-3-12(4-6-13)7-8-15(18)14(16)10-21(17,19)20/h3-6,11,14H,7-10,16H2,1-2H3,(H2,17,19,20). The summed E-state index contributed by atoms with van der Waals surface area (Å²) in [6.45, 7) is 4.33. The van der Waals surface area contributed by atoms with Gasteiger partial charge in [0.15, 0.2) is 5.78 Å². The predicted octanol–water partition coefficient (Wildman–Crippen LogP) is 1.00. The second kappa shape index (κ2) is 7.68. The molecule has 0 saturated heterocycles. The van der Waals surface area contributed by atoms with Crippen molar-refractivity contribution in [3.05, 3.63) is 35.4 Å². The highest BCUT2D eigenvalue weighted by Gasteiger charge is 2.18. The van der Waals surface area contributed by atoms with Gasteiger partial charge in [0.2, 0.25) is 10.0 Å². The molecule has 0 radical (unpaired) electrons. The van der Waals surface area contributed by atoms with Crippen molar-refractivity contribution in [2.45, 2.75) is 39.2 Å². The second-order valence-corrected chi connectivity index (χ2v) is 7.48. The molecule has 1 aromatic rings. The van der Waals surface area contributed by atoms with Gasteiger partial charge in [0.1, 0.15) is 0 Å². The van der Waals surface area contributed by atoms with Crippen molar-refractivity contribution >= 4 is 15.8 Å². The number of hydrogen-bond acceptors (Lipinski definition) is 4. The van der Waals surface area contributed by atoms with Gasteiger partial charge in [-0.25, -0.2) is 13.6 Å². The molecule has 0 aliphatic heterocycles. The molecule has 6 heteroatoms. The summed E-state index contributed by atoms with van der Waals surface area (Å²) >= 11 is 0. The van der Waals surface area contributed by atoms with Gasteiger partial charge in [0.05, 0.1) is 11.8 Å². The Labute approximate surface area is 126 Å². The van der Waals surface area contributed by atoms with E-state index in [1.54, 1.807) is 0 Å². The van der Waals surface area contributed by atoms with Gasteiger partial charge in [0.25, 0.3) is 0 Å². The van der Waals surface area contributed by atoms with Crippen LogP contribution in [0.15, 0.2) is 24.3 Å². The lowest BCUT2D eigenvalue weighted by Crippen LogP contribution is -2.39. The summed E-state index contributed by atoms with van der Waals surface area (Å²) in [6.07, 6.45) is 1.80. The van der Waals surface area contributed by atoms with E-state index < -0.39 is 21.8 Å². The maximum absolute atomic E-state index is 11.8. The van der Waals surface area contributed by atoms with Crippen molar-refractivity contribution in [3.8, 4) is 0 Å². The molecule has 0 aliphatic rings. The minimum Gasteiger partial charge on any atom is -0.321 e. The minimum absolute atomic E-state index is 0.222. The predicted molar refractivity (Wildman–Crippen MR) is 84.3 cm³/mol. The molecule has 0 saturated carbocycles. The number of Topliss-reactive ketones (excluding diaryl/α,β-unsaturated/α-hetero) is 1. The van der Waals surface area contributed by atoms with E-state index in [0.717, 1.165) is 12.0 Å². The van der Waals surface area contributed by atoms with Gasteiger partial charge < -0.3 is 5.73 Å². The molecule has 0 fully saturated rings. The first-order chi connectivity index (χ1) is 9.67. The maximum Gasteiger partial charge on any atom is 0.211 e. The van der Waals surface area contributed by atoms with Crippen molar-refractivity contribution in [1.29, 1.82) is 0 Å². The van der Waals surface area contributed by atoms with Gasteiger partial charge in [-0.05, 0) is 29.9 Å². The first-order valence-corrected chi connectivity index (χ1v) is 8.75. The van der Waals surface area contributed by atoms with E-state index in [1.165, 1.54) is 5.56 Å². The molecule has 21 heavy (non-hydrogen) atoms. The third-order valence-electron chi connectivity index (χ3n) is 3.15. The highest BCUT2D eigenvalue weighted by Crippen LogP contribution is 2.11. The van der Waals surface area contributed by atoms with Crippen LogP contribution >= 0.6 is 0 Å². The molecule has 1 rings (SSSR count). The highest BCUT2D eigenvalue weighted by atomic mass is 32.2. The molecule has 0 bridgehead atoms. The number of hydrogen-bond donors (Lipinski definition) is 2. The number of ketones is 1. The van der Waals surface area contributed by atoms with Gasteiger partial charge in [0, 0.05) is 6.42 Å². The van der Waals surface area contributed by atoms with Crippen molar-refractivity contribution < 1.29 is 13.2 Å². The summed E-state index contributed by atoms with van der Waals surface area (Å²) in [6, 6.07) is 7.07. The summed E-state index contributed by atoms with van der Waals surface area (Å²) in [5.41, 5.74) is 7.85. The normalized spacial score (nSPS) is 13.4. The minimum atomic E-state index is -3.71. The number of nitrogens with two attached hydrogens (primary N) is 2. The lowest BCUT2D eigenvalue weighted by molar-refractivity contribution is -0.119. The fourth-order valence-corrected chi connectivity index (χ4v) is 2.80. The molecule has 1 unspecified atom stereocenters. The molecule has 0 amide bonds. The van der Waals surface area contributed by atoms with Crippen LogP contribution in [0.1, 0.15) is 31.4 Å². The zero-order chi connectivity index (χ0) is 16.0. The number of primary sulfonamides is 1. The Bertz CT molecular complexity index is 565. The van der Waals surface area contributed by atoms with Crippen LogP contribution in [0.3, 0.4) is 0 Å². The monoisotopic (exact) mass is 312 g/mol. The van der Waals surface area contributed by atoms with Crippen LogP contribution in [0.5, 0.6) is 0 Å². The Kier molecular flexibility index (Phi) is 6.51. The quantitative estimate of drug-likeness (QED) is 0.747. The van der Waals surface area contributed by atoms with Crippen LogP contribution in [-0.2, 0) is 27.7 Å².